The third-order valence-electron chi connectivity index (χ3n) is 2.17. The van der Waals surface area contributed by atoms with Gasteiger partial charge in [-0.1, -0.05) is 0 Å². The lowest BCUT2D eigenvalue weighted by molar-refractivity contribution is -0.146. The van der Waals surface area contributed by atoms with Gasteiger partial charge >= 0.3 is 5.97 Å². The summed E-state index contributed by atoms with van der Waals surface area (Å²) in [4.78, 5) is 21.8. The molecule has 1 atom stereocenters. The fourth-order valence-corrected chi connectivity index (χ4v) is 1.43. The Morgan fingerprint density at radius 2 is 2.11 bits per heavy atom. The number of carboxylic acid groups (broad SMARTS) is 1. The molecule has 1 rings (SSSR count). The topological polar surface area (TPSA) is 86.6 Å². The Kier molecular flexibility index (Phi) is 5.24. The molecule has 7 heteroatoms. The molecule has 0 fully saturated rings. The number of halogens is 2. The van der Waals surface area contributed by atoms with Gasteiger partial charge in [0.25, 0.3) is 5.91 Å². The van der Waals surface area contributed by atoms with Crippen molar-refractivity contribution in [3.8, 4) is 0 Å². The van der Waals surface area contributed by atoms with E-state index in [9.17, 15) is 14.0 Å². The lowest BCUT2D eigenvalue weighted by Crippen LogP contribution is -2.30. The van der Waals surface area contributed by atoms with Crippen LogP contribution in [0.15, 0.2) is 22.7 Å². The maximum atomic E-state index is 13.2. The summed E-state index contributed by atoms with van der Waals surface area (Å²) >= 11 is 2.96. The molecule has 0 aromatic heterocycles. The van der Waals surface area contributed by atoms with E-state index in [4.69, 9.17) is 10.2 Å². The molecule has 1 unspecified atom stereocenters. The summed E-state index contributed by atoms with van der Waals surface area (Å²) in [5, 5.41) is 19.8. The first-order valence-electron chi connectivity index (χ1n) is 5.06. The first-order chi connectivity index (χ1) is 8.41. The van der Waals surface area contributed by atoms with Gasteiger partial charge in [-0.05, 0) is 34.1 Å². The van der Waals surface area contributed by atoms with Crippen LogP contribution < -0.4 is 5.32 Å². The second kappa shape index (κ2) is 6.46. The minimum Gasteiger partial charge on any atom is -0.479 e. The first-order valence-corrected chi connectivity index (χ1v) is 5.85. The van der Waals surface area contributed by atoms with Gasteiger partial charge in [0.15, 0.2) is 6.10 Å². The van der Waals surface area contributed by atoms with Crippen molar-refractivity contribution < 1.29 is 24.2 Å². The van der Waals surface area contributed by atoms with Gasteiger partial charge in [0, 0.05) is 18.5 Å². The highest BCUT2D eigenvalue weighted by Crippen LogP contribution is 2.16. The van der Waals surface area contributed by atoms with E-state index in [0.717, 1.165) is 6.07 Å². The second-order valence-corrected chi connectivity index (χ2v) is 4.38. The number of hydrogen-bond donors (Lipinski definition) is 3. The lowest BCUT2D eigenvalue weighted by Gasteiger charge is -2.07. The van der Waals surface area contributed by atoms with Crippen molar-refractivity contribution in [3.05, 3.63) is 34.1 Å². The maximum Gasteiger partial charge on any atom is 0.332 e. The average molecular weight is 320 g/mol. The Morgan fingerprint density at radius 3 is 2.67 bits per heavy atom. The van der Waals surface area contributed by atoms with E-state index >= 15 is 0 Å². The van der Waals surface area contributed by atoms with Crippen molar-refractivity contribution in [1.29, 1.82) is 0 Å². The molecule has 0 saturated heterocycles. The number of aliphatic carboxylic acids is 1. The Hall–Kier alpha value is -1.47. The number of hydrogen-bond acceptors (Lipinski definition) is 3. The van der Waals surface area contributed by atoms with Crippen LogP contribution in [0.4, 0.5) is 4.39 Å². The fraction of sp³-hybridized carbons (Fsp3) is 0.273. The molecule has 1 aromatic carbocycles. The number of aliphatic hydroxyl groups excluding tert-OH is 1. The number of rotatable bonds is 5. The average Bonchev–Trinajstić information content (AvgIpc) is 2.32. The summed E-state index contributed by atoms with van der Waals surface area (Å²) in [6.07, 6.45) is -1.63. The van der Waals surface area contributed by atoms with E-state index in [1.807, 2.05) is 0 Å². The van der Waals surface area contributed by atoms with Crippen molar-refractivity contribution in [2.24, 2.45) is 0 Å². The van der Waals surface area contributed by atoms with Crippen molar-refractivity contribution in [3.63, 3.8) is 0 Å². The molecule has 18 heavy (non-hydrogen) atoms. The highest BCUT2D eigenvalue weighted by Gasteiger charge is 2.13. The van der Waals surface area contributed by atoms with Crippen LogP contribution in [-0.2, 0) is 4.79 Å². The number of amides is 1. The smallest absolute Gasteiger partial charge is 0.332 e. The summed E-state index contributed by atoms with van der Waals surface area (Å²) in [5.41, 5.74) is 0.125. The summed E-state index contributed by atoms with van der Waals surface area (Å²) in [6, 6.07) is 3.89. The second-order valence-electron chi connectivity index (χ2n) is 3.53. The molecule has 0 aliphatic rings. The van der Waals surface area contributed by atoms with E-state index in [2.05, 4.69) is 21.2 Å². The molecular weight excluding hydrogens is 309 g/mol. The maximum absolute atomic E-state index is 13.2. The molecule has 0 saturated carbocycles. The normalized spacial score (nSPS) is 11.9. The number of carbonyl (C=O) groups is 2. The van der Waals surface area contributed by atoms with Crippen LogP contribution in [0.3, 0.4) is 0 Å². The van der Waals surface area contributed by atoms with E-state index in [1.165, 1.54) is 12.1 Å². The highest BCUT2D eigenvalue weighted by atomic mass is 79.9. The largest absolute Gasteiger partial charge is 0.479 e. The van der Waals surface area contributed by atoms with Crippen LogP contribution in [0.5, 0.6) is 0 Å². The summed E-state index contributed by atoms with van der Waals surface area (Å²) in [5.74, 6) is -2.44. The van der Waals surface area contributed by atoms with Crippen molar-refractivity contribution >= 4 is 27.8 Å². The molecular formula is C11H11BrFNO4. The molecule has 0 bridgehead atoms. The van der Waals surface area contributed by atoms with Crippen LogP contribution in [0, 0.1) is 5.82 Å². The van der Waals surface area contributed by atoms with E-state index in [1.54, 1.807) is 0 Å². The quantitative estimate of drug-likeness (QED) is 0.760. The molecule has 0 heterocycles. The van der Waals surface area contributed by atoms with Gasteiger partial charge in [-0.15, -0.1) is 0 Å². The monoisotopic (exact) mass is 319 g/mol. The Balaban J connectivity index is 2.50. The van der Waals surface area contributed by atoms with E-state index in [0.29, 0.717) is 0 Å². The molecule has 1 amide bonds. The molecule has 0 aliphatic carbocycles. The van der Waals surface area contributed by atoms with Gasteiger partial charge in [0.05, 0.1) is 4.47 Å². The minimum atomic E-state index is -1.52. The lowest BCUT2D eigenvalue weighted by atomic mass is 10.2. The first kappa shape index (κ1) is 14.6. The summed E-state index contributed by atoms with van der Waals surface area (Å²) < 4.78 is 13.4. The minimum absolute atomic E-state index is 0.00994. The summed E-state index contributed by atoms with van der Waals surface area (Å²) in [7, 11) is 0. The van der Waals surface area contributed by atoms with Crippen LogP contribution in [-0.4, -0.2) is 34.7 Å². The van der Waals surface area contributed by atoms with E-state index in [-0.39, 0.29) is 23.0 Å². The van der Waals surface area contributed by atoms with Crippen molar-refractivity contribution in [1.82, 2.24) is 5.32 Å². The zero-order chi connectivity index (χ0) is 13.7. The molecule has 0 radical (unpaired) electrons. The molecule has 0 aliphatic heterocycles. The Labute approximate surface area is 111 Å². The number of aliphatic hydroxyl groups is 1. The standard InChI is InChI=1S/C11H11BrFNO4/c12-7-2-1-6(5-8(7)13)10(16)14-4-3-9(15)11(17)18/h1-2,5,9,15H,3-4H2,(H,14,16)(H,17,18). The van der Waals surface area contributed by atoms with Gasteiger partial charge in [0.2, 0.25) is 0 Å². The third kappa shape index (κ3) is 4.08. The predicted octanol–water partition coefficient (Wildman–Crippen LogP) is 1.15. The SMILES string of the molecule is O=C(NCCC(O)C(=O)O)c1ccc(Br)c(F)c1. The van der Waals surface area contributed by atoms with Crippen LogP contribution in [0.2, 0.25) is 0 Å². The molecule has 0 spiro atoms. The Bertz CT molecular complexity index is 466. The van der Waals surface area contributed by atoms with Crippen LogP contribution in [0.25, 0.3) is 0 Å². The zero-order valence-electron chi connectivity index (χ0n) is 9.19. The van der Waals surface area contributed by atoms with Crippen LogP contribution in [0.1, 0.15) is 16.8 Å². The molecule has 98 valence electrons. The van der Waals surface area contributed by atoms with Crippen molar-refractivity contribution in [2.75, 3.05) is 6.54 Å². The van der Waals surface area contributed by atoms with Crippen molar-refractivity contribution in [2.45, 2.75) is 12.5 Å². The van der Waals surface area contributed by atoms with E-state index < -0.39 is 23.8 Å². The number of benzene rings is 1. The molecule has 3 N–H and O–H groups in total. The number of carbonyl (C=O) groups excluding carboxylic acids is 1. The number of carboxylic acids is 1. The number of nitrogens with one attached hydrogen (secondary N) is 1. The highest BCUT2D eigenvalue weighted by molar-refractivity contribution is 9.10. The third-order valence-corrected chi connectivity index (χ3v) is 2.81. The summed E-state index contributed by atoms with van der Waals surface area (Å²) in [6.45, 7) is -0.00994. The fourth-order valence-electron chi connectivity index (χ4n) is 1.19. The predicted molar refractivity (Wildman–Crippen MR) is 64.7 cm³/mol. The van der Waals surface area contributed by atoms with Gasteiger partial charge in [-0.3, -0.25) is 4.79 Å². The Morgan fingerprint density at radius 1 is 1.44 bits per heavy atom. The molecule has 5 nitrogen and oxygen atoms in total. The zero-order valence-corrected chi connectivity index (χ0v) is 10.8. The van der Waals surface area contributed by atoms with Gasteiger partial charge < -0.3 is 15.5 Å². The molecule has 1 aromatic rings. The van der Waals surface area contributed by atoms with Crippen LogP contribution >= 0.6 is 15.9 Å². The van der Waals surface area contributed by atoms with Gasteiger partial charge in [-0.25, -0.2) is 9.18 Å². The van der Waals surface area contributed by atoms with Gasteiger partial charge in [0.1, 0.15) is 5.82 Å². The van der Waals surface area contributed by atoms with Gasteiger partial charge in [-0.2, -0.15) is 0 Å².